The topological polar surface area (TPSA) is 92.2 Å². The number of carbonyl (C=O) groups is 2. The molecule has 0 saturated heterocycles. The van der Waals surface area contributed by atoms with Crippen molar-refractivity contribution in [3.8, 4) is 0 Å². The van der Waals surface area contributed by atoms with E-state index in [9.17, 15) is 9.59 Å². The van der Waals surface area contributed by atoms with Gasteiger partial charge in [0.25, 0.3) is 5.91 Å². The summed E-state index contributed by atoms with van der Waals surface area (Å²) in [7, 11) is 0. The predicted octanol–water partition coefficient (Wildman–Crippen LogP) is 2.04. The number of thiazole rings is 1. The summed E-state index contributed by atoms with van der Waals surface area (Å²) < 4.78 is 0. The highest BCUT2D eigenvalue weighted by Gasteiger charge is 2.17. The molecule has 0 radical (unpaired) electrons. The highest BCUT2D eigenvalue weighted by molar-refractivity contribution is 7.09. The fraction of sp³-hybridized carbons (Fsp3) is 0.231. The lowest BCUT2D eigenvalue weighted by Crippen LogP contribution is -2.27. The molecule has 20 heavy (non-hydrogen) atoms. The van der Waals surface area contributed by atoms with Crippen molar-refractivity contribution in [2.45, 2.75) is 19.9 Å². The number of hydrogen-bond acceptors (Lipinski definition) is 5. The van der Waals surface area contributed by atoms with E-state index in [1.165, 1.54) is 16.7 Å². The highest BCUT2D eigenvalue weighted by atomic mass is 32.1. The number of carboxylic acids is 1. The first-order chi connectivity index (χ1) is 9.47. The number of rotatable bonds is 4. The van der Waals surface area contributed by atoms with Crippen LogP contribution in [-0.2, 0) is 0 Å². The molecule has 104 valence electrons. The maximum atomic E-state index is 12.0. The van der Waals surface area contributed by atoms with E-state index in [0.717, 1.165) is 5.69 Å². The number of pyridine rings is 1. The van der Waals surface area contributed by atoms with Crippen molar-refractivity contribution in [3.63, 3.8) is 0 Å². The van der Waals surface area contributed by atoms with Crippen LogP contribution in [0.5, 0.6) is 0 Å². The van der Waals surface area contributed by atoms with E-state index < -0.39 is 5.97 Å². The van der Waals surface area contributed by atoms with Crippen molar-refractivity contribution in [3.05, 3.63) is 45.7 Å². The molecular formula is C13H13N3O3S. The van der Waals surface area contributed by atoms with Gasteiger partial charge in [-0.3, -0.25) is 4.79 Å². The number of carboxylic acid groups (broad SMARTS) is 1. The highest BCUT2D eigenvalue weighted by Crippen LogP contribution is 2.18. The number of carbonyl (C=O) groups excluding carboxylic acids is 1. The first kappa shape index (κ1) is 14.1. The fourth-order valence-electron chi connectivity index (χ4n) is 1.59. The lowest BCUT2D eigenvalue weighted by Gasteiger charge is -2.10. The van der Waals surface area contributed by atoms with Crippen molar-refractivity contribution in [2.75, 3.05) is 0 Å². The van der Waals surface area contributed by atoms with Crippen molar-refractivity contribution in [1.29, 1.82) is 0 Å². The van der Waals surface area contributed by atoms with Crippen LogP contribution in [0.15, 0.2) is 23.6 Å². The number of aryl methyl sites for hydroxylation is 1. The Bertz CT molecular complexity index is 654. The lowest BCUT2D eigenvalue weighted by molar-refractivity contribution is 0.0691. The van der Waals surface area contributed by atoms with E-state index >= 15 is 0 Å². The van der Waals surface area contributed by atoms with Gasteiger partial charge in [-0.25, -0.2) is 14.8 Å². The predicted molar refractivity (Wildman–Crippen MR) is 73.9 cm³/mol. The molecule has 0 fully saturated rings. The van der Waals surface area contributed by atoms with Crippen molar-refractivity contribution in [2.24, 2.45) is 0 Å². The molecule has 2 aromatic heterocycles. The maximum Gasteiger partial charge on any atom is 0.355 e. The number of nitrogens with zero attached hydrogens (tertiary/aromatic N) is 2. The Morgan fingerprint density at radius 2 is 2.05 bits per heavy atom. The maximum absolute atomic E-state index is 12.0. The average molecular weight is 291 g/mol. The van der Waals surface area contributed by atoms with Crippen molar-refractivity contribution in [1.82, 2.24) is 15.3 Å². The monoisotopic (exact) mass is 291 g/mol. The van der Waals surface area contributed by atoms with Gasteiger partial charge in [-0.05, 0) is 26.0 Å². The van der Waals surface area contributed by atoms with Gasteiger partial charge in [0.1, 0.15) is 10.7 Å². The summed E-state index contributed by atoms with van der Waals surface area (Å²) in [5.74, 6) is -1.39. The molecular weight excluding hydrogens is 278 g/mol. The first-order valence-electron chi connectivity index (χ1n) is 5.90. The zero-order chi connectivity index (χ0) is 14.7. The molecule has 2 aromatic rings. The SMILES string of the molecule is Cc1cccc(C(=O)NC(C)c2nc(C(=O)O)cs2)n1. The van der Waals surface area contributed by atoms with Gasteiger partial charge in [0.2, 0.25) is 0 Å². The van der Waals surface area contributed by atoms with Gasteiger partial charge in [0, 0.05) is 11.1 Å². The minimum Gasteiger partial charge on any atom is -0.476 e. The second kappa shape index (κ2) is 5.79. The summed E-state index contributed by atoms with van der Waals surface area (Å²) in [6.07, 6.45) is 0. The van der Waals surface area contributed by atoms with E-state index in [2.05, 4.69) is 15.3 Å². The molecule has 2 rings (SSSR count). The number of aromatic nitrogens is 2. The Morgan fingerprint density at radius 1 is 1.30 bits per heavy atom. The minimum atomic E-state index is -1.08. The van der Waals surface area contributed by atoms with E-state index in [1.807, 2.05) is 0 Å². The van der Waals surface area contributed by atoms with E-state index in [-0.39, 0.29) is 17.6 Å². The quantitative estimate of drug-likeness (QED) is 0.899. The third-order valence-electron chi connectivity index (χ3n) is 2.58. The molecule has 0 spiro atoms. The summed E-state index contributed by atoms with van der Waals surface area (Å²) in [5.41, 5.74) is 1.07. The van der Waals surface area contributed by atoms with Crippen molar-refractivity contribution >= 4 is 23.2 Å². The number of nitrogens with one attached hydrogen (secondary N) is 1. The Balaban J connectivity index is 2.08. The van der Waals surface area contributed by atoms with Gasteiger partial charge < -0.3 is 10.4 Å². The third kappa shape index (κ3) is 3.18. The molecule has 2 heterocycles. The first-order valence-corrected chi connectivity index (χ1v) is 6.78. The molecule has 1 unspecified atom stereocenters. The standard InChI is InChI=1S/C13H13N3O3S/c1-7-4-3-5-9(14-7)11(17)15-8(2)12-16-10(6-20-12)13(18)19/h3-6,8H,1-2H3,(H,15,17)(H,18,19). The van der Waals surface area contributed by atoms with Crippen LogP contribution in [0.1, 0.15) is 44.6 Å². The molecule has 7 heteroatoms. The Labute approximate surface area is 119 Å². The van der Waals surface area contributed by atoms with Crippen LogP contribution in [0.25, 0.3) is 0 Å². The van der Waals surface area contributed by atoms with Crippen LogP contribution in [-0.4, -0.2) is 27.0 Å². The Hall–Kier alpha value is -2.28. The molecule has 1 amide bonds. The van der Waals surface area contributed by atoms with Crippen LogP contribution in [0.4, 0.5) is 0 Å². The summed E-state index contributed by atoms with van der Waals surface area (Å²) in [4.78, 5) is 30.9. The summed E-state index contributed by atoms with van der Waals surface area (Å²) in [5, 5.41) is 13.6. The largest absolute Gasteiger partial charge is 0.476 e. The number of amides is 1. The summed E-state index contributed by atoms with van der Waals surface area (Å²) >= 11 is 1.20. The molecule has 0 bridgehead atoms. The molecule has 1 atom stereocenters. The van der Waals surface area contributed by atoms with Gasteiger partial charge in [0.15, 0.2) is 5.69 Å². The minimum absolute atomic E-state index is 0.0141. The van der Waals surface area contributed by atoms with Crippen LogP contribution in [0.3, 0.4) is 0 Å². The normalized spacial score (nSPS) is 11.9. The lowest BCUT2D eigenvalue weighted by atomic mass is 10.2. The van der Waals surface area contributed by atoms with Gasteiger partial charge >= 0.3 is 5.97 Å². The number of hydrogen-bond donors (Lipinski definition) is 2. The van der Waals surface area contributed by atoms with E-state index in [1.54, 1.807) is 32.0 Å². The van der Waals surface area contributed by atoms with E-state index in [0.29, 0.717) is 10.7 Å². The van der Waals surface area contributed by atoms with Gasteiger partial charge in [-0.15, -0.1) is 11.3 Å². The molecule has 0 saturated carbocycles. The summed E-state index contributed by atoms with van der Waals surface area (Å²) in [6.45, 7) is 3.55. The van der Waals surface area contributed by atoms with Gasteiger partial charge in [-0.1, -0.05) is 6.07 Å². The van der Waals surface area contributed by atoms with Crippen LogP contribution in [0, 0.1) is 6.92 Å². The summed E-state index contributed by atoms with van der Waals surface area (Å²) in [6, 6.07) is 4.82. The molecule has 0 aliphatic heterocycles. The second-order valence-corrected chi connectivity index (χ2v) is 5.13. The zero-order valence-corrected chi connectivity index (χ0v) is 11.8. The molecule has 6 nitrogen and oxygen atoms in total. The molecule has 2 N–H and O–H groups in total. The van der Waals surface area contributed by atoms with E-state index in [4.69, 9.17) is 5.11 Å². The van der Waals surface area contributed by atoms with Gasteiger partial charge in [-0.2, -0.15) is 0 Å². The molecule has 0 aliphatic rings. The van der Waals surface area contributed by atoms with Crippen molar-refractivity contribution < 1.29 is 14.7 Å². The fourth-order valence-corrected chi connectivity index (χ4v) is 2.39. The van der Waals surface area contributed by atoms with Crippen LogP contribution >= 0.6 is 11.3 Å². The number of aromatic carboxylic acids is 1. The van der Waals surface area contributed by atoms with Gasteiger partial charge in [0.05, 0.1) is 6.04 Å². The Kier molecular flexibility index (Phi) is 4.09. The van der Waals surface area contributed by atoms with Crippen LogP contribution in [0.2, 0.25) is 0 Å². The third-order valence-corrected chi connectivity index (χ3v) is 3.61. The smallest absolute Gasteiger partial charge is 0.355 e. The van der Waals surface area contributed by atoms with Crippen LogP contribution < -0.4 is 5.32 Å². The molecule has 0 aliphatic carbocycles. The average Bonchev–Trinajstić information content (AvgIpc) is 2.88. The Morgan fingerprint density at radius 3 is 2.65 bits per heavy atom. The zero-order valence-electron chi connectivity index (χ0n) is 11.0. The second-order valence-electron chi connectivity index (χ2n) is 4.24. The molecule has 0 aromatic carbocycles.